The summed E-state index contributed by atoms with van der Waals surface area (Å²) in [4.78, 5) is 103. The number of hydrogen-bond donors (Lipinski definition) is 4. The van der Waals surface area contributed by atoms with Crippen LogP contribution in [0, 0.1) is 54.7 Å². The van der Waals surface area contributed by atoms with Gasteiger partial charge in [0.2, 0.25) is 5.91 Å². The molecule has 135 heavy (non-hydrogen) atoms. The van der Waals surface area contributed by atoms with Gasteiger partial charge in [-0.05, 0) is 219 Å². The molecule has 10 heterocycles. The lowest BCUT2D eigenvalue weighted by atomic mass is 9.72. The lowest BCUT2D eigenvalue weighted by molar-refractivity contribution is -0.386. The smallest absolute Gasteiger partial charge is 0.409 e. The highest BCUT2D eigenvalue weighted by atomic mass is 35.5. The van der Waals surface area contributed by atoms with Crippen LogP contribution in [0.5, 0.6) is 34.5 Å². The fraction of sp³-hybridized carbons (Fsp3) is 0.420. The van der Waals surface area contributed by atoms with Crippen LogP contribution in [0.15, 0.2) is 179 Å². The van der Waals surface area contributed by atoms with Crippen LogP contribution in [-0.4, -0.2) is 202 Å². The second-order valence-corrected chi connectivity index (χ2v) is 42.7. The predicted molar refractivity (Wildman–Crippen MR) is 516 cm³/mol. The van der Waals surface area contributed by atoms with E-state index >= 15 is 0 Å². The van der Waals surface area contributed by atoms with Crippen LogP contribution in [0.4, 0.5) is 27.5 Å². The minimum Gasteiger partial charge on any atom is -0.493 e. The number of nitrogens with one attached hydrogen (secondary N) is 4. The van der Waals surface area contributed by atoms with Crippen LogP contribution in [0.3, 0.4) is 0 Å². The highest BCUT2D eigenvalue weighted by molar-refractivity contribution is 7.90. The van der Waals surface area contributed by atoms with Gasteiger partial charge in [-0.25, -0.2) is 41.0 Å². The van der Waals surface area contributed by atoms with E-state index in [1.165, 1.54) is 71.1 Å². The molecule has 0 unspecified atom stereocenters. The van der Waals surface area contributed by atoms with E-state index in [0.29, 0.717) is 111 Å². The highest BCUT2D eigenvalue weighted by Crippen LogP contribution is 2.48. The number of nitro groups is 2. The Balaban J connectivity index is 0.000000188. The van der Waals surface area contributed by atoms with E-state index in [0.717, 1.165) is 161 Å². The molecule has 4 amide bonds. The number of amides is 4. The minimum atomic E-state index is -4.66. The first-order chi connectivity index (χ1) is 64.7. The number of aromatic amines is 2. The van der Waals surface area contributed by atoms with Gasteiger partial charge in [0.25, 0.3) is 43.2 Å². The van der Waals surface area contributed by atoms with Gasteiger partial charge >= 0.3 is 6.09 Å². The van der Waals surface area contributed by atoms with E-state index in [9.17, 15) is 56.2 Å². The van der Waals surface area contributed by atoms with Gasteiger partial charge in [-0.2, -0.15) is 0 Å². The summed E-state index contributed by atoms with van der Waals surface area (Å²) in [6.45, 7) is 21.7. The van der Waals surface area contributed by atoms with Gasteiger partial charge in [0.15, 0.2) is 0 Å². The number of aromatic nitrogens is 4. The Bertz CT molecular complexity index is 6490. The van der Waals surface area contributed by atoms with Crippen molar-refractivity contribution in [1.82, 2.24) is 49.0 Å². The molecule has 4 aromatic heterocycles. The topological polar surface area (TPSA) is 370 Å². The number of piperazine rings is 2. The van der Waals surface area contributed by atoms with Crippen molar-refractivity contribution in [2.45, 2.75) is 134 Å². The fourth-order valence-electron chi connectivity index (χ4n) is 20.3. The predicted octanol–water partition coefficient (Wildman–Crippen LogP) is 18.3. The Hall–Kier alpha value is -12.1. The number of piperidine rings is 2. The number of halogens is 2. The molecule has 0 bridgehead atoms. The first kappa shape index (κ1) is 94.6. The van der Waals surface area contributed by atoms with Gasteiger partial charge in [0.1, 0.15) is 45.8 Å². The zero-order valence-electron chi connectivity index (χ0n) is 76.5. The number of nitrogens with zero attached hydrogens (tertiary/aromatic N) is 10. The van der Waals surface area contributed by atoms with Gasteiger partial charge in [0.05, 0.1) is 74.6 Å². The summed E-state index contributed by atoms with van der Waals surface area (Å²) in [5, 5.41) is 27.9. The molecule has 4 saturated heterocycles. The average molecular weight is 1920 g/mol. The zero-order chi connectivity index (χ0) is 94.8. The Morgan fingerprint density at radius 3 is 1.30 bits per heavy atom. The number of anilines is 2. The molecule has 35 heteroatoms. The molecular weight excluding hydrogens is 1800 g/mol. The third kappa shape index (κ3) is 22.4. The first-order valence-electron chi connectivity index (χ1n) is 46.2. The average Bonchev–Trinajstić information content (AvgIpc) is 1.13. The van der Waals surface area contributed by atoms with Crippen LogP contribution >= 0.6 is 23.2 Å². The number of fused-ring (bicyclic) bond motifs is 4. The summed E-state index contributed by atoms with van der Waals surface area (Å²) in [7, 11) is -7.95. The number of carbonyl (C=O) groups excluding carboxylic acids is 4. The minimum absolute atomic E-state index is 0.0124. The monoisotopic (exact) mass is 1910 g/mol. The van der Waals surface area contributed by atoms with Crippen molar-refractivity contribution >= 4 is 123 Å². The van der Waals surface area contributed by atoms with E-state index in [4.69, 9.17) is 46.9 Å². The molecule has 6 aromatic carbocycles. The summed E-state index contributed by atoms with van der Waals surface area (Å²) < 4.78 is 89.9. The number of hydrogen-bond acceptors (Lipinski definition) is 23. The van der Waals surface area contributed by atoms with Crippen LogP contribution in [0.25, 0.3) is 33.2 Å². The van der Waals surface area contributed by atoms with Gasteiger partial charge in [0, 0.05) is 180 Å². The molecule has 18 rings (SSSR count). The number of allylic oxidation sites excluding steroid dienone is 2. The third-order valence-electron chi connectivity index (χ3n) is 27.8. The highest BCUT2D eigenvalue weighted by Gasteiger charge is 2.40. The van der Waals surface area contributed by atoms with Gasteiger partial charge in [-0.1, -0.05) is 86.3 Å². The summed E-state index contributed by atoms with van der Waals surface area (Å²) >= 11 is 12.5. The number of ether oxygens (including phenoxy) is 5. The van der Waals surface area contributed by atoms with Crippen molar-refractivity contribution in [3.63, 3.8) is 0 Å². The van der Waals surface area contributed by atoms with Crippen LogP contribution < -0.4 is 38.2 Å². The molecule has 10 aromatic rings. The molecule has 710 valence electrons. The normalized spacial score (nSPS) is 19.1. The van der Waals surface area contributed by atoms with Crippen LogP contribution in [-0.2, 0) is 42.4 Å². The Labute approximate surface area is 794 Å². The van der Waals surface area contributed by atoms with E-state index in [1.54, 1.807) is 66.7 Å². The molecule has 4 N–H and O–H groups in total. The van der Waals surface area contributed by atoms with Crippen LogP contribution in [0.2, 0.25) is 10.0 Å². The Kier molecular flexibility index (Phi) is 28.1. The second-order valence-electron chi connectivity index (χ2n) is 38.4. The number of likely N-dealkylation sites (tertiary alicyclic amines) is 2. The summed E-state index contributed by atoms with van der Waals surface area (Å²) in [5.74, 6) is -0.221. The van der Waals surface area contributed by atoms with Crippen molar-refractivity contribution < 1.29 is 69.5 Å². The number of nitro benzene ring substituents is 2. The molecule has 0 spiro atoms. The number of benzene rings is 6. The summed E-state index contributed by atoms with van der Waals surface area (Å²) in [6, 6.07) is 38.1. The van der Waals surface area contributed by atoms with Crippen molar-refractivity contribution in [2.24, 2.45) is 34.5 Å². The molecule has 4 fully saturated rings. The third-order valence-corrected chi connectivity index (χ3v) is 31.0. The fourth-order valence-corrected chi connectivity index (χ4v) is 22.5. The zero-order valence-corrected chi connectivity index (χ0v) is 79.7. The van der Waals surface area contributed by atoms with E-state index < -0.39 is 57.2 Å². The molecule has 6 aliphatic heterocycles. The van der Waals surface area contributed by atoms with Gasteiger partial charge < -0.3 is 53.3 Å². The summed E-state index contributed by atoms with van der Waals surface area (Å²) in [5.41, 5.74) is 11.2. The molecule has 0 saturated carbocycles. The number of rotatable bonds is 24. The first-order valence-corrected chi connectivity index (χ1v) is 49.9. The molecular formula is C100H112Cl2N14O17S2. The Morgan fingerprint density at radius 2 is 0.919 bits per heavy atom. The maximum atomic E-state index is 14.1. The van der Waals surface area contributed by atoms with Gasteiger partial charge in [-0.3, -0.25) is 44.4 Å². The number of H-pyrrole nitrogens is 2. The van der Waals surface area contributed by atoms with E-state index in [2.05, 4.69) is 101 Å². The molecule has 2 aliphatic carbocycles. The molecule has 0 radical (unpaired) electrons. The lowest BCUT2D eigenvalue weighted by Gasteiger charge is -2.39. The number of sulfonamides is 2. The molecule has 31 nitrogen and oxygen atoms in total. The molecule has 2 atom stereocenters. The maximum absolute atomic E-state index is 14.1. The molecule has 8 aliphatic rings. The quantitative estimate of drug-likeness (QED) is 0.0322. The van der Waals surface area contributed by atoms with E-state index in [-0.39, 0.29) is 87.7 Å². The summed E-state index contributed by atoms with van der Waals surface area (Å²) in [6.07, 6.45) is 18.0. The number of carbonyl (C=O) groups is 4. The van der Waals surface area contributed by atoms with Crippen LogP contribution in [0.1, 0.15) is 155 Å². The SMILES string of the molecule is CC(=O)N1CCC(C[C@@H]2COc3cc(S(=O)(=O)NC(=O)c4ccc(N5CCN(CC6=C(c7ccc(Cl)cc7)CC(C)(C)CC6)CC5)cc4Oc4cnc5[nH]ccc5c4)cc([N+](=O)[O-])c3C2)CC1.COC(=O)N1CCC(C[C@@H]2COc3cc(S(=O)(=O)NC(=O)c4ccc(N5CCN(CC6=C(c7ccc(Cl)cc7)CC(C)(C)CC6)CC5)cc4Oc4cnc5[nH]ccc5c4)cc([N+](=O)[O-])c3C2)CC1. The number of methoxy groups -OCH3 is 1. The van der Waals surface area contributed by atoms with Crippen molar-refractivity contribution in [1.29, 1.82) is 0 Å². The van der Waals surface area contributed by atoms with E-state index in [1.807, 2.05) is 41.3 Å². The van der Waals surface area contributed by atoms with Gasteiger partial charge in [-0.15, -0.1) is 0 Å². The second kappa shape index (κ2) is 40.0. The maximum Gasteiger partial charge on any atom is 0.409 e. The lowest BCUT2D eigenvalue weighted by Crippen LogP contribution is -2.47. The van der Waals surface area contributed by atoms with Crippen molar-refractivity contribution in [3.8, 4) is 34.5 Å². The standard InChI is InChI=1S/C50H56ClN7O9S.C50H56ClN7O8S/c1-50(2)14-10-36(43(28-50)34-4-6-37(51)7-5-34)30-55-18-20-56(21-19-55)38-8-9-41(46(25-38)67-39-24-35-11-15-52-47(35)53-29-39)48(59)54-68(63,64)40-26-44(58(61)62)42-23-33(31-66-45(42)27-40)22-32-12-16-57(17-13-32)49(60)65-3;1-32(59)56-16-12-33(13-17-56)22-34-23-43-45(58(61)62)26-41(27-46(43)65-31-34)67(63,64)54-49(60)42-9-8-39(25-47(42)66-40-24-36-11-15-52-48(36)53-29-40)57-20-18-55(19-21-57)30-37-10-14-50(2,3)28-44(37)35-4-6-38(51)7-5-35/h4-9,11,15,24-27,29,32-33H,10,12-14,16-23,28,30-31H2,1-3H3,(H,52,53)(H,54,59);4-9,11,15,24-27,29,33-34H,10,12-14,16-23,28,30-31H2,1-3H3,(H,52,53)(H,54,60)/t33-;34-/m00/s1. The largest absolute Gasteiger partial charge is 0.493 e. The van der Waals surface area contributed by atoms with Crippen molar-refractivity contribution in [2.75, 3.05) is 122 Å². The van der Waals surface area contributed by atoms with Crippen molar-refractivity contribution in [3.05, 3.63) is 233 Å². The Morgan fingerprint density at radius 1 is 0.519 bits per heavy atom. The number of pyridine rings is 2.